The number of nitrogens with zero attached hydrogens (tertiary/aromatic N) is 18. The SMILES string of the molecule is C=CC(=O)N1[C@H](C)CN(c2c(C#N)c(=O)n(-c3c(C)ccnc3C(C)C)c3nc(-c4c(F)c(O)c(Cl)c(Cl)c4F)c(Cl)cc23)C[C@@H]1C.C=CC(=O)N1[C@H](C)CN(c2c(C#N)c(=O)n(-c3c(C)ccnc3C(C)C)c3nc(-c4c(F)c(O)c(Cl)c(Cl)c4F)c(Cl)cc23)C[C@@H]1C.C=CC(=O)N1[C@H](C)CN(c2c(C#N)c(=O)n(-c3c(C)ccnc3C(C)C)c3nc(-c4c(F)c(O)c(Cl)c(F)c4F)c(Cl)cc23)C[C@@H]1C. The fourth-order valence-corrected chi connectivity index (χ4v) is 20.3. The van der Waals surface area contributed by atoms with Crippen LogP contribution in [-0.2, 0) is 14.4 Å². The molecule has 12 heterocycles. The zero-order chi connectivity index (χ0) is 104. The van der Waals surface area contributed by atoms with E-state index in [9.17, 15) is 64.3 Å². The van der Waals surface area contributed by atoms with E-state index in [1.54, 1.807) is 87.0 Å². The number of phenolic OH excluding ortho intramolecular Hbond substituents is 3. The van der Waals surface area contributed by atoms with Crippen molar-refractivity contribution in [1.29, 1.82) is 15.8 Å². The molecule has 27 nitrogen and oxygen atoms in total. The minimum atomic E-state index is -1.76. The molecule has 9 aromatic heterocycles. The summed E-state index contributed by atoms with van der Waals surface area (Å²) in [6.45, 7) is 39.5. The number of hydrogen-bond donors (Lipinski definition) is 3. The van der Waals surface area contributed by atoms with E-state index in [0.29, 0.717) is 45.1 Å². The number of halogens is 15. The van der Waals surface area contributed by atoms with Crippen LogP contribution in [0, 0.1) is 95.5 Å². The third-order valence-corrected chi connectivity index (χ3v) is 27.6. The molecular weight excluding hydrogens is 2000 g/mol. The van der Waals surface area contributed by atoms with Gasteiger partial charge < -0.3 is 44.7 Å². The molecule has 0 aliphatic carbocycles. The average Bonchev–Trinajstić information content (AvgIpc) is 0.725. The van der Waals surface area contributed by atoms with Crippen molar-refractivity contribution < 1.29 is 60.4 Å². The fraction of sp³-hybridized carbons (Fsp3) is 0.303. The predicted molar refractivity (Wildman–Crippen MR) is 532 cm³/mol. The number of phenols is 3. The third-order valence-electron chi connectivity index (χ3n) is 24.8. The fourth-order valence-electron chi connectivity index (χ4n) is 18.7. The highest BCUT2D eigenvalue weighted by molar-refractivity contribution is 6.44. The highest BCUT2D eigenvalue weighted by Gasteiger charge is 2.43. The highest BCUT2D eigenvalue weighted by Crippen LogP contribution is 2.51. The lowest BCUT2D eigenvalue weighted by Crippen LogP contribution is -2.58. The number of rotatable bonds is 15. The molecule has 141 heavy (non-hydrogen) atoms. The number of nitriles is 3. The molecule has 6 atom stereocenters. The summed E-state index contributed by atoms with van der Waals surface area (Å²) in [5, 5.41) is 57.8. The van der Waals surface area contributed by atoms with Crippen molar-refractivity contribution in [3.05, 3.63) is 255 Å². The summed E-state index contributed by atoms with van der Waals surface area (Å²) in [5.74, 6) is -15.6. The third kappa shape index (κ3) is 18.3. The Kier molecular flexibility index (Phi) is 30.8. The van der Waals surface area contributed by atoms with Gasteiger partial charge in [0.15, 0.2) is 58.0 Å². The first kappa shape index (κ1) is 105. The van der Waals surface area contributed by atoms with E-state index < -0.39 is 134 Å². The lowest BCUT2D eigenvalue weighted by atomic mass is 10.0. The van der Waals surface area contributed by atoms with Crippen LogP contribution < -0.4 is 31.4 Å². The number of aromatic hydroxyl groups is 3. The Balaban J connectivity index is 0.000000178. The summed E-state index contributed by atoms with van der Waals surface area (Å²) in [5.41, 5.74) is -2.98. The number of fused-ring (bicyclic) bond motifs is 3. The molecule has 3 aromatic carbocycles. The van der Waals surface area contributed by atoms with Crippen LogP contribution in [0.4, 0.5) is 47.8 Å². The minimum absolute atomic E-state index is 0.0873. The van der Waals surface area contributed by atoms with Crippen LogP contribution in [0.5, 0.6) is 17.2 Å². The van der Waals surface area contributed by atoms with Gasteiger partial charge in [-0.05, 0) is 151 Å². The van der Waals surface area contributed by atoms with E-state index in [1.807, 2.05) is 89.2 Å². The molecule has 42 heteroatoms. The minimum Gasteiger partial charge on any atom is -0.504 e. The van der Waals surface area contributed by atoms with Crippen molar-refractivity contribution in [3.63, 3.8) is 0 Å². The van der Waals surface area contributed by atoms with Crippen molar-refractivity contribution in [2.24, 2.45) is 0 Å². The second-order valence-corrected chi connectivity index (χ2v) is 38.3. The summed E-state index contributed by atoms with van der Waals surface area (Å²) in [7, 11) is 0. The molecule has 0 unspecified atom stereocenters. The molecule has 3 N–H and O–H groups in total. The van der Waals surface area contributed by atoms with Gasteiger partial charge in [0, 0.05) is 110 Å². The Morgan fingerprint density at radius 1 is 0.383 bits per heavy atom. The lowest BCUT2D eigenvalue weighted by Gasteiger charge is -2.45. The number of pyridine rings is 9. The molecule has 0 saturated carbocycles. The summed E-state index contributed by atoms with van der Waals surface area (Å²) >= 11 is 49.3. The Bertz CT molecular complexity index is 6870. The van der Waals surface area contributed by atoms with E-state index >= 15 is 26.3 Å². The van der Waals surface area contributed by atoms with Crippen molar-refractivity contribution in [2.75, 3.05) is 54.0 Å². The monoisotopic (exact) mass is 2080 g/mol. The summed E-state index contributed by atoms with van der Waals surface area (Å²) in [4.78, 5) is 119. The number of carbonyl (C=O) groups excluding carboxylic acids is 3. The highest BCUT2D eigenvalue weighted by atomic mass is 35.5. The second kappa shape index (κ2) is 41.2. The Hall–Kier alpha value is -13.1. The van der Waals surface area contributed by atoms with Crippen LogP contribution in [0.15, 0.2) is 107 Å². The second-order valence-electron chi connectivity index (χ2n) is 35.1. The number of benzene rings is 3. The van der Waals surface area contributed by atoms with Crippen molar-refractivity contribution >= 4 is 161 Å². The van der Waals surface area contributed by atoms with Gasteiger partial charge in [-0.2, -0.15) is 15.8 Å². The normalized spacial score (nSPS) is 16.6. The number of anilines is 3. The summed E-state index contributed by atoms with van der Waals surface area (Å²) < 4.78 is 111. The molecule has 3 saturated heterocycles. The summed E-state index contributed by atoms with van der Waals surface area (Å²) in [6, 6.07) is 13.0. The van der Waals surface area contributed by atoms with Crippen molar-refractivity contribution in [2.45, 2.75) is 158 Å². The van der Waals surface area contributed by atoms with Gasteiger partial charge in [0.2, 0.25) is 17.7 Å². The van der Waals surface area contributed by atoms with Crippen LogP contribution in [0.1, 0.15) is 151 Å². The van der Waals surface area contributed by atoms with E-state index in [-0.39, 0.29) is 199 Å². The van der Waals surface area contributed by atoms with E-state index in [0.717, 1.165) is 4.57 Å². The maximum absolute atomic E-state index is 15.6. The van der Waals surface area contributed by atoms with Crippen LogP contribution in [-0.4, -0.2) is 167 Å². The molecule has 15 rings (SSSR count). The molecule has 732 valence electrons. The van der Waals surface area contributed by atoms with Gasteiger partial charge in [0.25, 0.3) is 16.7 Å². The van der Waals surface area contributed by atoms with Crippen LogP contribution >= 0.6 is 92.8 Å². The van der Waals surface area contributed by atoms with Crippen LogP contribution in [0.2, 0.25) is 40.2 Å². The van der Waals surface area contributed by atoms with E-state index in [2.05, 4.69) is 61.8 Å². The Morgan fingerprint density at radius 3 is 0.844 bits per heavy atom. The largest absolute Gasteiger partial charge is 0.504 e. The number of piperazine rings is 3. The van der Waals surface area contributed by atoms with Gasteiger partial charge in [-0.3, -0.25) is 57.4 Å². The van der Waals surface area contributed by atoms with Gasteiger partial charge in [0.05, 0.1) is 110 Å². The molecular formula is C99H87Cl8F7N18O9. The molecule has 3 amide bonds. The number of amides is 3. The zero-order valence-corrected chi connectivity index (χ0v) is 84.0. The molecule has 0 spiro atoms. The van der Waals surface area contributed by atoms with Crippen molar-refractivity contribution in [3.8, 4) is 86.3 Å². The summed E-state index contributed by atoms with van der Waals surface area (Å²) in [6.07, 6.45) is 8.41. The maximum Gasteiger partial charge on any atom is 0.276 e. The van der Waals surface area contributed by atoms with Crippen molar-refractivity contribution in [1.82, 2.24) is 58.3 Å². The first-order valence-electron chi connectivity index (χ1n) is 43.7. The lowest BCUT2D eigenvalue weighted by molar-refractivity contribution is -0.131. The van der Waals surface area contributed by atoms with Gasteiger partial charge in [-0.1, -0.05) is 154 Å². The first-order chi connectivity index (χ1) is 66.5. The molecule has 3 aliphatic rings. The van der Waals surface area contributed by atoms with Crippen LogP contribution in [0.25, 0.3) is 83.9 Å². The first-order valence-corrected chi connectivity index (χ1v) is 46.7. The smallest absolute Gasteiger partial charge is 0.276 e. The Labute approximate surface area is 842 Å². The standard InChI is InChI=1S/2C33H29Cl3F2N6O3.C33H29Cl2F3N6O3/c2*1-7-21(45)43-16(5)12-42(13-17(43)6)30-18-10-20(34)28(22-25(37)23(35)24(36)31(46)26(22)38)41-32(18)44(33(47)19(30)11-39)29-15(4)8-9-40-27(29)14(2)3;1-7-21(45)43-16(5)12-42(13-17(43)6)30-18-10-20(34)28(22-24(36)26(38)23(35)31(46)25(22)37)41-32(18)44(33(47)19(30)11-39)29-15(4)8-9-40-27(29)14(2)3/h3*7-10,14,16-17,46H,1,12-13H2,2-6H3/t3*16-,17+. The number of hydrogen-bond acceptors (Lipinski definition) is 21. The Morgan fingerprint density at radius 2 is 0.617 bits per heavy atom. The van der Waals surface area contributed by atoms with E-state index in [4.69, 9.17) is 92.8 Å². The predicted octanol–water partition coefficient (Wildman–Crippen LogP) is 21.4. The number of carbonyl (C=O) groups is 3. The zero-order valence-electron chi connectivity index (χ0n) is 78.0. The van der Waals surface area contributed by atoms with Gasteiger partial charge in [-0.25, -0.2) is 45.7 Å². The van der Waals surface area contributed by atoms with E-state index in [1.165, 1.54) is 45.6 Å². The molecule has 3 aliphatic heterocycles. The van der Waals surface area contributed by atoms with Gasteiger partial charge >= 0.3 is 0 Å². The average molecular weight is 2090 g/mol. The van der Waals surface area contributed by atoms with Crippen LogP contribution in [0.3, 0.4) is 0 Å². The van der Waals surface area contributed by atoms with Gasteiger partial charge in [0.1, 0.15) is 66.9 Å². The number of aromatic nitrogens is 9. The quantitative estimate of drug-likeness (QED) is 0.0371. The molecule has 0 radical (unpaired) electrons. The molecule has 12 aromatic rings. The maximum atomic E-state index is 15.6. The molecule has 3 fully saturated rings. The topological polar surface area (TPSA) is 346 Å². The molecule has 0 bridgehead atoms. The number of aryl methyl sites for hydroxylation is 3. The van der Waals surface area contributed by atoms with Gasteiger partial charge in [-0.15, -0.1) is 0 Å².